The van der Waals surface area contributed by atoms with Crippen molar-refractivity contribution in [3.05, 3.63) is 57.8 Å². The van der Waals surface area contributed by atoms with Gasteiger partial charge in [-0.05, 0) is 29.0 Å². The van der Waals surface area contributed by atoms with E-state index >= 15 is 0 Å². The van der Waals surface area contributed by atoms with E-state index in [-0.39, 0.29) is 11.8 Å². The largest absolute Gasteiger partial charge is 0.338 e. The molecule has 1 fully saturated rings. The van der Waals surface area contributed by atoms with Gasteiger partial charge in [-0.25, -0.2) is 0 Å². The van der Waals surface area contributed by atoms with Gasteiger partial charge in [-0.3, -0.25) is 14.5 Å². The number of benzene rings is 1. The molecule has 0 atom stereocenters. The number of rotatable bonds is 3. The fraction of sp³-hybridized carbons (Fsp3) is 0.400. The van der Waals surface area contributed by atoms with Crippen LogP contribution in [0.15, 0.2) is 41.8 Å². The van der Waals surface area contributed by atoms with Crippen LogP contribution in [0.5, 0.6) is 0 Å². The van der Waals surface area contributed by atoms with Gasteiger partial charge in [0.2, 0.25) is 5.91 Å². The van der Waals surface area contributed by atoms with E-state index in [2.05, 4.69) is 29.2 Å². The highest BCUT2D eigenvalue weighted by molar-refractivity contribution is 7.12. The molecule has 1 aromatic heterocycles. The number of carbonyl (C=O) groups excluding carboxylic acids is 2. The Labute approximate surface area is 157 Å². The number of thiophene rings is 1. The lowest BCUT2D eigenvalue weighted by atomic mass is 10.00. The first kappa shape index (κ1) is 17.2. The number of fused-ring (bicyclic) bond motifs is 1. The van der Waals surface area contributed by atoms with Gasteiger partial charge in [-0.15, -0.1) is 11.3 Å². The molecule has 0 N–H and O–H groups in total. The molecule has 0 aliphatic carbocycles. The second-order valence-corrected chi connectivity index (χ2v) is 7.83. The van der Waals surface area contributed by atoms with E-state index in [9.17, 15) is 9.59 Å². The molecule has 4 rings (SSSR count). The van der Waals surface area contributed by atoms with Gasteiger partial charge in [0.15, 0.2) is 0 Å². The first-order valence-corrected chi connectivity index (χ1v) is 9.98. The van der Waals surface area contributed by atoms with Gasteiger partial charge in [-0.2, -0.15) is 0 Å². The molecule has 0 saturated carbocycles. The first-order chi connectivity index (χ1) is 12.7. The minimum Gasteiger partial charge on any atom is -0.338 e. The highest BCUT2D eigenvalue weighted by Gasteiger charge is 2.27. The van der Waals surface area contributed by atoms with Crippen molar-refractivity contribution in [3.8, 4) is 0 Å². The first-order valence-electron chi connectivity index (χ1n) is 9.10. The summed E-state index contributed by atoms with van der Waals surface area (Å²) in [7, 11) is 0. The summed E-state index contributed by atoms with van der Waals surface area (Å²) in [4.78, 5) is 31.8. The lowest BCUT2D eigenvalue weighted by molar-refractivity contribution is -0.134. The standard InChI is InChI=1S/C20H23N3O2S/c24-19(15-21-8-7-16-4-1-2-5-17(16)14-21)22-9-11-23(12-10-22)20(25)18-6-3-13-26-18/h1-6,13H,7-12,14-15H2. The number of hydrogen-bond donors (Lipinski definition) is 0. The van der Waals surface area contributed by atoms with Crippen LogP contribution in [0.25, 0.3) is 0 Å². The van der Waals surface area contributed by atoms with Gasteiger partial charge in [-0.1, -0.05) is 30.3 Å². The minimum atomic E-state index is 0.0831. The van der Waals surface area contributed by atoms with E-state index in [1.807, 2.05) is 27.3 Å². The lowest BCUT2D eigenvalue weighted by Gasteiger charge is -2.36. The highest BCUT2D eigenvalue weighted by Crippen LogP contribution is 2.19. The van der Waals surface area contributed by atoms with Crippen molar-refractivity contribution < 1.29 is 9.59 Å². The quantitative estimate of drug-likeness (QED) is 0.832. The smallest absolute Gasteiger partial charge is 0.264 e. The Bertz CT molecular complexity index is 782. The van der Waals surface area contributed by atoms with Crippen LogP contribution in [0.1, 0.15) is 20.8 Å². The summed E-state index contributed by atoms with van der Waals surface area (Å²) in [5, 5.41) is 1.92. The Kier molecular flexibility index (Phi) is 5.04. The zero-order chi connectivity index (χ0) is 17.9. The third kappa shape index (κ3) is 3.66. The van der Waals surface area contributed by atoms with E-state index in [0.717, 1.165) is 24.4 Å². The number of carbonyl (C=O) groups is 2. The number of amides is 2. The molecule has 2 aromatic rings. The number of nitrogens with zero attached hydrogens (tertiary/aromatic N) is 3. The molecule has 0 unspecified atom stereocenters. The number of hydrogen-bond acceptors (Lipinski definition) is 4. The average Bonchev–Trinajstić information content (AvgIpc) is 3.22. The van der Waals surface area contributed by atoms with Gasteiger partial charge >= 0.3 is 0 Å². The summed E-state index contributed by atoms with van der Waals surface area (Å²) in [6, 6.07) is 12.2. The number of piperazine rings is 1. The van der Waals surface area contributed by atoms with Gasteiger partial charge < -0.3 is 9.80 Å². The van der Waals surface area contributed by atoms with Crippen LogP contribution in [0.4, 0.5) is 0 Å². The van der Waals surface area contributed by atoms with Crippen molar-refractivity contribution in [1.82, 2.24) is 14.7 Å². The fourth-order valence-corrected chi connectivity index (χ4v) is 4.39. The Hall–Kier alpha value is -2.18. The molecule has 2 aliphatic rings. The molecule has 0 bridgehead atoms. The Balaban J connectivity index is 1.28. The zero-order valence-corrected chi connectivity index (χ0v) is 15.6. The third-order valence-corrected chi connectivity index (χ3v) is 6.08. The van der Waals surface area contributed by atoms with Crippen LogP contribution >= 0.6 is 11.3 Å². The molecule has 0 radical (unpaired) electrons. The predicted molar refractivity (Wildman–Crippen MR) is 102 cm³/mol. The monoisotopic (exact) mass is 369 g/mol. The molecule has 1 saturated heterocycles. The van der Waals surface area contributed by atoms with Gasteiger partial charge in [0, 0.05) is 39.3 Å². The molecule has 26 heavy (non-hydrogen) atoms. The maximum absolute atomic E-state index is 12.7. The van der Waals surface area contributed by atoms with Gasteiger partial charge in [0.05, 0.1) is 11.4 Å². The molecule has 5 nitrogen and oxygen atoms in total. The van der Waals surface area contributed by atoms with Crippen molar-refractivity contribution >= 4 is 23.2 Å². The Morgan fingerprint density at radius 1 is 0.885 bits per heavy atom. The average molecular weight is 369 g/mol. The highest BCUT2D eigenvalue weighted by atomic mass is 32.1. The van der Waals surface area contributed by atoms with Crippen LogP contribution in [0, 0.1) is 0 Å². The van der Waals surface area contributed by atoms with E-state index in [4.69, 9.17) is 0 Å². The Morgan fingerprint density at radius 3 is 2.35 bits per heavy atom. The van der Waals surface area contributed by atoms with Crippen LogP contribution in [0.2, 0.25) is 0 Å². The van der Waals surface area contributed by atoms with Crippen molar-refractivity contribution in [1.29, 1.82) is 0 Å². The van der Waals surface area contributed by atoms with Crippen molar-refractivity contribution in [2.24, 2.45) is 0 Å². The topological polar surface area (TPSA) is 43.9 Å². The van der Waals surface area contributed by atoms with Crippen molar-refractivity contribution in [2.75, 3.05) is 39.3 Å². The van der Waals surface area contributed by atoms with Crippen molar-refractivity contribution in [3.63, 3.8) is 0 Å². The van der Waals surface area contributed by atoms with E-state index < -0.39 is 0 Å². The molecule has 3 heterocycles. The van der Waals surface area contributed by atoms with E-state index in [0.29, 0.717) is 32.7 Å². The molecule has 2 aliphatic heterocycles. The van der Waals surface area contributed by atoms with Gasteiger partial charge in [0.25, 0.3) is 5.91 Å². The summed E-state index contributed by atoms with van der Waals surface area (Å²) in [6.45, 7) is 4.73. The summed E-state index contributed by atoms with van der Waals surface area (Å²) in [5.74, 6) is 0.257. The predicted octanol–water partition coefficient (Wildman–Crippen LogP) is 2.09. The van der Waals surface area contributed by atoms with Gasteiger partial charge in [0.1, 0.15) is 0 Å². The van der Waals surface area contributed by atoms with Crippen molar-refractivity contribution in [2.45, 2.75) is 13.0 Å². The molecule has 136 valence electrons. The summed E-state index contributed by atoms with van der Waals surface area (Å²) in [5.41, 5.74) is 2.73. The SMILES string of the molecule is O=C(CN1CCc2ccccc2C1)N1CCN(C(=O)c2cccs2)CC1. The maximum Gasteiger partial charge on any atom is 0.264 e. The fourth-order valence-electron chi connectivity index (χ4n) is 3.70. The normalized spacial score (nSPS) is 17.8. The third-order valence-electron chi connectivity index (χ3n) is 5.22. The summed E-state index contributed by atoms with van der Waals surface area (Å²) in [6.07, 6.45) is 1.01. The lowest BCUT2D eigenvalue weighted by Crippen LogP contribution is -2.52. The van der Waals surface area contributed by atoms with E-state index in [1.54, 1.807) is 0 Å². The molecular formula is C20H23N3O2S. The molecule has 6 heteroatoms. The maximum atomic E-state index is 12.7. The summed E-state index contributed by atoms with van der Waals surface area (Å²) >= 11 is 1.47. The second-order valence-electron chi connectivity index (χ2n) is 6.88. The minimum absolute atomic E-state index is 0.0831. The molecular weight excluding hydrogens is 346 g/mol. The van der Waals surface area contributed by atoms with Crippen LogP contribution in [-0.4, -0.2) is 65.8 Å². The molecule has 0 spiro atoms. The van der Waals surface area contributed by atoms with Crippen LogP contribution in [0.3, 0.4) is 0 Å². The van der Waals surface area contributed by atoms with Crippen LogP contribution < -0.4 is 0 Å². The molecule has 2 amide bonds. The second kappa shape index (κ2) is 7.60. The van der Waals surface area contributed by atoms with Crippen LogP contribution in [-0.2, 0) is 17.8 Å². The van der Waals surface area contributed by atoms with E-state index in [1.165, 1.54) is 22.5 Å². The summed E-state index contributed by atoms with van der Waals surface area (Å²) < 4.78 is 0. The molecule has 1 aromatic carbocycles. The zero-order valence-electron chi connectivity index (χ0n) is 14.8. The Morgan fingerprint density at radius 2 is 1.62 bits per heavy atom.